The van der Waals surface area contributed by atoms with Crippen molar-refractivity contribution in [2.24, 2.45) is 5.41 Å². The molecular weight excluding hydrogens is 317 g/mol. The molecule has 0 bridgehead atoms. The number of hydrogen-bond acceptors (Lipinski definition) is 1. The maximum absolute atomic E-state index is 12.4. The summed E-state index contributed by atoms with van der Waals surface area (Å²) < 4.78 is -0.929. The lowest BCUT2D eigenvalue weighted by molar-refractivity contribution is -0.127. The molecule has 0 spiro atoms. The molecule has 1 amide bonds. The van der Waals surface area contributed by atoms with Crippen LogP contribution in [0.3, 0.4) is 0 Å². The molecule has 20 heavy (non-hydrogen) atoms. The third kappa shape index (κ3) is 2.66. The number of carbonyl (C=O) groups is 1. The molecule has 0 radical (unpaired) electrons. The lowest BCUT2D eigenvalue weighted by Crippen LogP contribution is -2.36. The van der Waals surface area contributed by atoms with E-state index in [4.69, 9.17) is 34.8 Å². The molecule has 0 aromatic heterocycles. The Morgan fingerprint density at radius 1 is 1.45 bits per heavy atom. The standard InChI is InChI=1S/C15H18Cl3NO/c1-4-14(8-15(14,17)18)13(20)19-10(3)11-5-6-12(16)9(2)7-11/h5-7,10H,4,8H2,1-3H3,(H,19,20)/t10-,14-/m1/s1. The van der Waals surface area contributed by atoms with Crippen molar-refractivity contribution in [1.82, 2.24) is 5.32 Å². The van der Waals surface area contributed by atoms with Gasteiger partial charge in [-0.1, -0.05) is 30.7 Å². The van der Waals surface area contributed by atoms with Crippen LogP contribution >= 0.6 is 34.8 Å². The van der Waals surface area contributed by atoms with Gasteiger partial charge in [-0.15, -0.1) is 23.2 Å². The lowest BCUT2D eigenvalue weighted by Gasteiger charge is -2.21. The Morgan fingerprint density at radius 2 is 2.05 bits per heavy atom. The number of carbonyl (C=O) groups excluding carboxylic acids is 1. The van der Waals surface area contributed by atoms with Crippen LogP contribution in [0.15, 0.2) is 18.2 Å². The second kappa shape index (κ2) is 5.40. The zero-order valence-electron chi connectivity index (χ0n) is 11.8. The van der Waals surface area contributed by atoms with Crippen LogP contribution in [0.2, 0.25) is 5.02 Å². The van der Waals surface area contributed by atoms with E-state index in [2.05, 4.69) is 5.32 Å². The highest BCUT2D eigenvalue weighted by molar-refractivity contribution is 6.53. The van der Waals surface area contributed by atoms with Gasteiger partial charge in [-0.2, -0.15) is 0 Å². The molecule has 0 saturated heterocycles. The van der Waals surface area contributed by atoms with E-state index >= 15 is 0 Å². The van der Waals surface area contributed by atoms with Gasteiger partial charge in [0.15, 0.2) is 0 Å². The van der Waals surface area contributed by atoms with E-state index in [0.29, 0.717) is 12.8 Å². The molecule has 1 fully saturated rings. The molecule has 1 saturated carbocycles. The normalized spacial score (nSPS) is 25.1. The van der Waals surface area contributed by atoms with Crippen LogP contribution in [0, 0.1) is 12.3 Å². The van der Waals surface area contributed by atoms with Crippen molar-refractivity contribution in [3.05, 3.63) is 34.3 Å². The summed E-state index contributed by atoms with van der Waals surface area (Å²) in [6.07, 6.45) is 1.15. The van der Waals surface area contributed by atoms with Crippen molar-refractivity contribution in [3.8, 4) is 0 Å². The van der Waals surface area contributed by atoms with Crippen LogP contribution in [0.1, 0.15) is 43.9 Å². The minimum absolute atomic E-state index is 0.0786. The predicted molar refractivity (Wildman–Crippen MR) is 84.5 cm³/mol. The van der Waals surface area contributed by atoms with Gasteiger partial charge in [0, 0.05) is 5.02 Å². The Bertz CT molecular complexity index is 544. The summed E-state index contributed by atoms with van der Waals surface area (Å²) in [4.78, 5) is 12.4. The van der Waals surface area contributed by atoms with Crippen LogP contribution in [0.4, 0.5) is 0 Å². The van der Waals surface area contributed by atoms with Crippen LogP contribution in [-0.4, -0.2) is 10.2 Å². The van der Waals surface area contributed by atoms with Gasteiger partial charge in [0.2, 0.25) is 5.91 Å². The number of alkyl halides is 2. The first-order valence-corrected chi connectivity index (χ1v) is 7.82. The summed E-state index contributed by atoms with van der Waals surface area (Å²) in [6, 6.07) is 5.63. The van der Waals surface area contributed by atoms with Crippen molar-refractivity contribution < 1.29 is 4.79 Å². The number of hydrogen-bond donors (Lipinski definition) is 1. The van der Waals surface area contributed by atoms with Gasteiger partial charge < -0.3 is 5.32 Å². The second-order valence-corrected chi connectivity index (χ2v) is 7.41. The molecule has 2 nitrogen and oxygen atoms in total. The zero-order valence-corrected chi connectivity index (χ0v) is 14.0. The van der Waals surface area contributed by atoms with E-state index in [9.17, 15) is 4.79 Å². The van der Waals surface area contributed by atoms with Gasteiger partial charge in [0.25, 0.3) is 0 Å². The number of halogens is 3. The van der Waals surface area contributed by atoms with Crippen LogP contribution < -0.4 is 5.32 Å². The van der Waals surface area contributed by atoms with Crippen molar-refractivity contribution in [2.75, 3.05) is 0 Å². The SMILES string of the molecule is CC[C@]1(C(=O)N[C@H](C)c2ccc(Cl)c(C)c2)CC1(Cl)Cl. The van der Waals surface area contributed by atoms with Gasteiger partial charge in [-0.05, 0) is 43.9 Å². The third-order valence-corrected chi connectivity index (χ3v) is 5.58. The van der Waals surface area contributed by atoms with Crippen LogP contribution in [0.25, 0.3) is 0 Å². The summed E-state index contributed by atoms with van der Waals surface area (Å²) >= 11 is 18.3. The van der Waals surface area contributed by atoms with E-state index in [1.54, 1.807) is 0 Å². The fraction of sp³-hybridized carbons (Fsp3) is 0.533. The molecule has 1 aliphatic carbocycles. The summed E-state index contributed by atoms with van der Waals surface area (Å²) in [5.74, 6) is -0.0786. The molecule has 1 aromatic carbocycles. The van der Waals surface area contributed by atoms with E-state index in [1.165, 1.54) is 0 Å². The molecule has 1 N–H and O–H groups in total. The summed E-state index contributed by atoms with van der Waals surface area (Å²) in [5.41, 5.74) is 1.36. The molecule has 0 heterocycles. The largest absolute Gasteiger partial charge is 0.349 e. The van der Waals surface area contributed by atoms with Gasteiger partial charge in [-0.3, -0.25) is 4.79 Å². The number of aryl methyl sites for hydroxylation is 1. The first-order chi connectivity index (χ1) is 9.23. The molecule has 2 atom stereocenters. The quantitative estimate of drug-likeness (QED) is 0.787. The maximum atomic E-state index is 12.4. The minimum Gasteiger partial charge on any atom is -0.349 e. The lowest BCUT2D eigenvalue weighted by atomic mass is 10.0. The summed E-state index contributed by atoms with van der Waals surface area (Å²) in [5, 5.41) is 3.72. The van der Waals surface area contributed by atoms with E-state index in [0.717, 1.165) is 16.1 Å². The number of amides is 1. The highest BCUT2D eigenvalue weighted by atomic mass is 35.5. The van der Waals surface area contributed by atoms with Gasteiger partial charge in [0.05, 0.1) is 11.5 Å². The van der Waals surface area contributed by atoms with Crippen molar-refractivity contribution in [1.29, 1.82) is 0 Å². The van der Waals surface area contributed by atoms with Crippen molar-refractivity contribution >= 4 is 40.7 Å². The monoisotopic (exact) mass is 333 g/mol. The number of benzene rings is 1. The minimum atomic E-state index is -0.929. The van der Waals surface area contributed by atoms with Crippen LogP contribution in [0.5, 0.6) is 0 Å². The molecule has 0 unspecified atom stereocenters. The highest BCUT2D eigenvalue weighted by Gasteiger charge is 2.69. The van der Waals surface area contributed by atoms with Gasteiger partial charge in [0.1, 0.15) is 4.33 Å². The molecule has 5 heteroatoms. The molecule has 1 aromatic rings. The first-order valence-electron chi connectivity index (χ1n) is 6.68. The van der Waals surface area contributed by atoms with Crippen molar-refractivity contribution in [3.63, 3.8) is 0 Å². The predicted octanol–water partition coefficient (Wildman–Crippen LogP) is 4.80. The fourth-order valence-corrected chi connectivity index (χ4v) is 3.49. The van der Waals surface area contributed by atoms with E-state index in [1.807, 2.05) is 39.0 Å². The Balaban J connectivity index is 2.10. The van der Waals surface area contributed by atoms with Gasteiger partial charge >= 0.3 is 0 Å². The molecular formula is C15H18Cl3NO. The second-order valence-electron chi connectivity index (χ2n) is 5.52. The molecule has 0 aliphatic heterocycles. The zero-order chi connectivity index (χ0) is 15.1. The van der Waals surface area contributed by atoms with Crippen LogP contribution in [-0.2, 0) is 4.79 Å². The number of rotatable bonds is 4. The molecule has 1 aliphatic rings. The van der Waals surface area contributed by atoms with Crippen molar-refractivity contribution in [2.45, 2.75) is 44.0 Å². The van der Waals surface area contributed by atoms with Gasteiger partial charge in [-0.25, -0.2) is 0 Å². The van der Waals surface area contributed by atoms with E-state index in [-0.39, 0.29) is 11.9 Å². The Morgan fingerprint density at radius 3 is 2.50 bits per heavy atom. The first kappa shape index (κ1) is 15.9. The Labute approximate surface area is 134 Å². The average Bonchev–Trinajstić information content (AvgIpc) is 2.96. The number of nitrogens with one attached hydrogen (secondary N) is 1. The summed E-state index contributed by atoms with van der Waals surface area (Å²) in [6.45, 7) is 5.82. The Hall–Kier alpha value is -0.440. The topological polar surface area (TPSA) is 29.1 Å². The maximum Gasteiger partial charge on any atom is 0.229 e. The smallest absolute Gasteiger partial charge is 0.229 e. The average molecular weight is 335 g/mol. The van der Waals surface area contributed by atoms with E-state index < -0.39 is 9.75 Å². The summed E-state index contributed by atoms with van der Waals surface area (Å²) in [7, 11) is 0. The highest BCUT2D eigenvalue weighted by Crippen LogP contribution is 2.66. The third-order valence-electron chi connectivity index (χ3n) is 4.17. The fourth-order valence-electron chi connectivity index (χ4n) is 2.48. The Kier molecular flexibility index (Phi) is 4.30. The molecule has 2 rings (SSSR count). The molecule has 110 valence electrons.